The summed E-state index contributed by atoms with van der Waals surface area (Å²) in [5, 5.41) is 25.0. The van der Waals surface area contributed by atoms with Gasteiger partial charge in [0.05, 0.1) is 43.2 Å². The maximum atomic E-state index is 13.4. The summed E-state index contributed by atoms with van der Waals surface area (Å²) in [7, 11) is 1.53. The molecule has 0 saturated heterocycles. The van der Waals surface area contributed by atoms with Gasteiger partial charge in [-0.2, -0.15) is 10.1 Å². The molecule has 3 heterocycles. The highest BCUT2D eigenvalue weighted by molar-refractivity contribution is 6.07. The van der Waals surface area contributed by atoms with Crippen molar-refractivity contribution in [3.8, 4) is 17.3 Å². The van der Waals surface area contributed by atoms with Crippen molar-refractivity contribution >= 4 is 39.9 Å². The molecule has 0 spiro atoms. The fourth-order valence-corrected chi connectivity index (χ4v) is 4.98. The minimum Gasteiger partial charge on any atom is -0.488 e. The standard InChI is InChI=1S/C36H36N8O4/c1-36(2,3)30-18-33(44(43-30)25-11-9-23(21-45)10-12-25)42-35(46)39-28-13-14-29(27-8-6-5-7-26(27)28)48-22-24-15-16-38-31(17-24)40-32-19-37-20-34(41-32)47-4/h5-20,45H,21-22H2,1-4H3,(H,38,40,41)(H2,39,42,46). The Bertz CT molecular complexity index is 2050. The molecule has 0 saturated carbocycles. The maximum absolute atomic E-state index is 13.4. The van der Waals surface area contributed by atoms with Gasteiger partial charge in [-0.25, -0.2) is 14.5 Å². The number of aliphatic hydroxyl groups is 1. The van der Waals surface area contributed by atoms with Crippen LogP contribution < -0.4 is 25.4 Å². The number of fused-ring (bicyclic) bond motifs is 1. The highest BCUT2D eigenvalue weighted by Crippen LogP contribution is 2.33. The van der Waals surface area contributed by atoms with Crippen molar-refractivity contribution in [3.63, 3.8) is 0 Å². The summed E-state index contributed by atoms with van der Waals surface area (Å²) >= 11 is 0. The van der Waals surface area contributed by atoms with Crippen molar-refractivity contribution in [2.45, 2.75) is 39.4 Å². The van der Waals surface area contributed by atoms with Crippen LogP contribution >= 0.6 is 0 Å². The molecule has 48 heavy (non-hydrogen) atoms. The second kappa shape index (κ2) is 13.8. The zero-order valence-corrected chi connectivity index (χ0v) is 27.1. The van der Waals surface area contributed by atoms with Crippen molar-refractivity contribution in [3.05, 3.63) is 114 Å². The maximum Gasteiger partial charge on any atom is 0.324 e. The van der Waals surface area contributed by atoms with E-state index < -0.39 is 6.03 Å². The molecule has 0 aliphatic heterocycles. The second-order valence-corrected chi connectivity index (χ2v) is 12.0. The molecule has 0 bridgehead atoms. The number of methoxy groups -OCH3 is 1. The Hall–Kier alpha value is -6.01. The molecule has 6 rings (SSSR count). The fourth-order valence-electron chi connectivity index (χ4n) is 4.98. The summed E-state index contributed by atoms with van der Waals surface area (Å²) in [5.74, 6) is 2.68. The number of hydrogen-bond donors (Lipinski definition) is 4. The average molecular weight is 645 g/mol. The van der Waals surface area contributed by atoms with Gasteiger partial charge in [0, 0.05) is 28.5 Å². The van der Waals surface area contributed by atoms with Gasteiger partial charge in [0.25, 0.3) is 0 Å². The van der Waals surface area contributed by atoms with E-state index in [0.29, 0.717) is 34.8 Å². The van der Waals surface area contributed by atoms with Gasteiger partial charge in [-0.05, 0) is 47.5 Å². The third-order valence-electron chi connectivity index (χ3n) is 7.51. The first-order valence-electron chi connectivity index (χ1n) is 15.3. The number of ether oxygens (including phenoxy) is 2. The van der Waals surface area contributed by atoms with Crippen LogP contribution in [0.3, 0.4) is 0 Å². The minimum absolute atomic E-state index is 0.0544. The van der Waals surface area contributed by atoms with Crippen LogP contribution in [0.5, 0.6) is 11.6 Å². The van der Waals surface area contributed by atoms with Gasteiger partial charge in [0.1, 0.15) is 24.0 Å². The molecule has 0 aliphatic carbocycles. The molecule has 0 unspecified atom stereocenters. The van der Waals surface area contributed by atoms with Crippen LogP contribution in [0, 0.1) is 0 Å². The molecule has 0 fully saturated rings. The lowest BCUT2D eigenvalue weighted by molar-refractivity contribution is 0.262. The summed E-state index contributed by atoms with van der Waals surface area (Å²) in [4.78, 5) is 26.2. The van der Waals surface area contributed by atoms with Crippen LogP contribution in [0.1, 0.15) is 37.6 Å². The molecular weight excluding hydrogens is 608 g/mol. The van der Waals surface area contributed by atoms with Gasteiger partial charge in [-0.3, -0.25) is 10.3 Å². The number of rotatable bonds is 10. The van der Waals surface area contributed by atoms with Crippen LogP contribution in [0.15, 0.2) is 97.5 Å². The second-order valence-electron chi connectivity index (χ2n) is 12.0. The first-order valence-corrected chi connectivity index (χ1v) is 15.3. The molecule has 4 N–H and O–H groups in total. The Labute approximate surface area is 277 Å². The molecular formula is C36H36N8O4. The molecule has 0 radical (unpaired) electrons. The zero-order valence-electron chi connectivity index (χ0n) is 27.1. The van der Waals surface area contributed by atoms with Gasteiger partial charge in [0.2, 0.25) is 5.88 Å². The van der Waals surface area contributed by atoms with Crippen LogP contribution in [0.4, 0.5) is 27.9 Å². The number of amides is 2. The van der Waals surface area contributed by atoms with E-state index in [1.54, 1.807) is 17.1 Å². The Morgan fingerprint density at radius 1 is 0.896 bits per heavy atom. The first kappa shape index (κ1) is 32.0. The van der Waals surface area contributed by atoms with Gasteiger partial charge in [-0.15, -0.1) is 0 Å². The van der Waals surface area contributed by atoms with E-state index in [9.17, 15) is 9.90 Å². The Kier molecular flexibility index (Phi) is 9.17. The Morgan fingerprint density at radius 2 is 1.69 bits per heavy atom. The van der Waals surface area contributed by atoms with Crippen molar-refractivity contribution in [1.82, 2.24) is 24.7 Å². The lowest BCUT2D eigenvalue weighted by Gasteiger charge is -2.15. The van der Waals surface area contributed by atoms with Gasteiger partial charge in [-0.1, -0.05) is 57.2 Å². The summed E-state index contributed by atoms with van der Waals surface area (Å²) in [6, 6.07) is 24.0. The normalized spacial score (nSPS) is 11.3. The molecule has 6 aromatic rings. The molecule has 2 amide bonds. The molecule has 0 atom stereocenters. The lowest BCUT2D eigenvalue weighted by Crippen LogP contribution is -2.21. The first-order chi connectivity index (χ1) is 23.2. The topological polar surface area (TPSA) is 148 Å². The highest BCUT2D eigenvalue weighted by Gasteiger charge is 2.22. The van der Waals surface area contributed by atoms with Crippen LogP contribution in [0.25, 0.3) is 16.5 Å². The van der Waals surface area contributed by atoms with Crippen molar-refractivity contribution in [1.29, 1.82) is 0 Å². The molecule has 12 nitrogen and oxygen atoms in total. The van der Waals surface area contributed by atoms with E-state index >= 15 is 0 Å². The summed E-state index contributed by atoms with van der Waals surface area (Å²) in [5.41, 5.74) is 3.65. The number of benzene rings is 3. The summed E-state index contributed by atoms with van der Waals surface area (Å²) in [6.45, 7) is 6.43. The number of aromatic nitrogens is 5. The monoisotopic (exact) mass is 644 g/mol. The highest BCUT2D eigenvalue weighted by atomic mass is 16.5. The van der Waals surface area contributed by atoms with Gasteiger partial charge < -0.3 is 25.2 Å². The number of carbonyl (C=O) groups excluding carboxylic acids is 1. The van der Waals surface area contributed by atoms with E-state index in [2.05, 4.69) is 51.7 Å². The average Bonchev–Trinajstić information content (AvgIpc) is 3.52. The number of urea groups is 1. The van der Waals surface area contributed by atoms with E-state index in [1.165, 1.54) is 13.3 Å². The molecule has 12 heteroatoms. The quantitative estimate of drug-likeness (QED) is 0.124. The smallest absolute Gasteiger partial charge is 0.324 e. The predicted molar refractivity (Wildman–Crippen MR) is 185 cm³/mol. The van der Waals surface area contributed by atoms with Crippen LogP contribution in [-0.2, 0) is 18.6 Å². The summed E-state index contributed by atoms with van der Waals surface area (Å²) in [6.07, 6.45) is 4.81. The molecule has 244 valence electrons. The van der Waals surface area contributed by atoms with Crippen molar-refractivity contribution < 1.29 is 19.4 Å². The molecule has 3 aromatic heterocycles. The number of aliphatic hydroxyl groups excluding tert-OH is 1. The third kappa shape index (κ3) is 7.34. The van der Waals surface area contributed by atoms with Crippen molar-refractivity contribution in [2.75, 3.05) is 23.1 Å². The Morgan fingerprint density at radius 3 is 2.44 bits per heavy atom. The lowest BCUT2D eigenvalue weighted by atomic mass is 9.92. The van der Waals surface area contributed by atoms with Crippen LogP contribution in [-0.4, -0.2) is 43.0 Å². The van der Waals surface area contributed by atoms with E-state index in [4.69, 9.17) is 14.6 Å². The van der Waals surface area contributed by atoms with Crippen LogP contribution in [0.2, 0.25) is 0 Å². The fraction of sp³-hybridized carbons (Fsp3) is 0.194. The SMILES string of the molecule is COc1cncc(Nc2cc(COc3ccc(NC(=O)Nc4cc(C(C)(C)C)nn4-c4ccc(CO)cc4)c4ccccc34)ccn2)n1. The van der Waals surface area contributed by atoms with E-state index in [1.807, 2.05) is 78.9 Å². The Balaban J connectivity index is 1.18. The minimum atomic E-state index is -0.417. The number of anilines is 4. The third-order valence-corrected chi connectivity index (χ3v) is 7.51. The molecule has 0 aliphatic rings. The number of nitrogens with zero attached hydrogens (tertiary/aromatic N) is 5. The summed E-state index contributed by atoms with van der Waals surface area (Å²) < 4.78 is 13.1. The number of hydrogen-bond acceptors (Lipinski definition) is 9. The zero-order chi connectivity index (χ0) is 33.7. The number of carbonyl (C=O) groups is 1. The number of nitrogens with one attached hydrogen (secondary N) is 3. The predicted octanol–water partition coefficient (Wildman–Crippen LogP) is 6.98. The molecule has 3 aromatic carbocycles. The van der Waals surface area contributed by atoms with Gasteiger partial charge in [0.15, 0.2) is 5.82 Å². The number of pyridine rings is 1. The van der Waals surface area contributed by atoms with Gasteiger partial charge >= 0.3 is 6.03 Å². The largest absolute Gasteiger partial charge is 0.488 e. The van der Waals surface area contributed by atoms with E-state index in [0.717, 1.165) is 33.3 Å². The van der Waals surface area contributed by atoms with Crippen molar-refractivity contribution in [2.24, 2.45) is 0 Å². The van der Waals surface area contributed by atoms with E-state index in [-0.39, 0.29) is 18.6 Å².